The van der Waals surface area contributed by atoms with Crippen molar-refractivity contribution in [2.24, 2.45) is 0 Å². The van der Waals surface area contributed by atoms with Gasteiger partial charge in [-0.25, -0.2) is 0 Å². The van der Waals surface area contributed by atoms with E-state index in [4.69, 9.17) is 28.4 Å². The van der Waals surface area contributed by atoms with Crippen molar-refractivity contribution in [2.75, 3.05) is 26.4 Å². The van der Waals surface area contributed by atoms with Crippen LogP contribution in [0, 0.1) is 0 Å². The first kappa shape index (κ1) is 71.5. The van der Waals surface area contributed by atoms with Gasteiger partial charge < -0.3 is 89.9 Å². The van der Waals surface area contributed by atoms with Crippen molar-refractivity contribution in [3.8, 4) is 0 Å². The van der Waals surface area contributed by atoms with Crippen molar-refractivity contribution in [1.29, 1.82) is 0 Å². The van der Waals surface area contributed by atoms with Crippen LogP contribution in [0.5, 0.6) is 0 Å². The quantitative estimate of drug-likeness (QED) is 0.0268. The first-order valence-electron chi connectivity index (χ1n) is 30.2. The van der Waals surface area contributed by atoms with E-state index in [9.17, 15) is 61.0 Å². The second-order valence-corrected chi connectivity index (χ2v) is 21.4. The molecule has 19 heteroatoms. The fourth-order valence-electron chi connectivity index (χ4n) is 9.84. The molecule has 3 fully saturated rings. The van der Waals surface area contributed by atoms with E-state index in [2.05, 4.69) is 92.1 Å². The second kappa shape index (κ2) is 43.8. The number of hydrogen-bond donors (Lipinski definition) is 12. The average molecular weight is 1140 g/mol. The molecule has 3 saturated heterocycles. The van der Waals surface area contributed by atoms with Crippen molar-refractivity contribution >= 4 is 5.91 Å². The highest BCUT2D eigenvalue weighted by Gasteiger charge is 2.53. The van der Waals surface area contributed by atoms with Crippen LogP contribution >= 0.6 is 0 Å². The van der Waals surface area contributed by atoms with Gasteiger partial charge in [0.05, 0.1) is 38.6 Å². The van der Waals surface area contributed by atoms with Crippen molar-refractivity contribution in [3.63, 3.8) is 0 Å². The number of amides is 1. The molecule has 3 aliphatic heterocycles. The van der Waals surface area contributed by atoms with Gasteiger partial charge in [-0.1, -0.05) is 177 Å². The van der Waals surface area contributed by atoms with Gasteiger partial charge in [0.15, 0.2) is 18.9 Å². The Bertz CT molecular complexity index is 1740. The van der Waals surface area contributed by atoms with E-state index in [1.54, 1.807) is 0 Å². The summed E-state index contributed by atoms with van der Waals surface area (Å²) < 4.78 is 34.1. The molecule has 0 saturated carbocycles. The van der Waals surface area contributed by atoms with Gasteiger partial charge in [-0.15, -0.1) is 0 Å². The first-order valence-corrected chi connectivity index (χ1v) is 30.2. The molecule has 12 N–H and O–H groups in total. The summed E-state index contributed by atoms with van der Waals surface area (Å²) in [6.07, 6.45) is 25.3. The summed E-state index contributed by atoms with van der Waals surface area (Å²) in [7, 11) is 0. The normalized spacial score (nSPS) is 30.5. The van der Waals surface area contributed by atoms with E-state index >= 15 is 0 Å². The number of unbranched alkanes of at least 4 members (excludes halogenated alkanes) is 15. The van der Waals surface area contributed by atoms with Gasteiger partial charge >= 0.3 is 0 Å². The van der Waals surface area contributed by atoms with Crippen molar-refractivity contribution in [3.05, 3.63) is 72.9 Å². The van der Waals surface area contributed by atoms with Crippen LogP contribution in [0.25, 0.3) is 0 Å². The van der Waals surface area contributed by atoms with Crippen LogP contribution in [0.2, 0.25) is 0 Å². The molecule has 17 unspecified atom stereocenters. The lowest BCUT2D eigenvalue weighted by Crippen LogP contribution is -2.66. The molecule has 3 heterocycles. The largest absolute Gasteiger partial charge is 0.394 e. The molecule has 1 amide bonds. The number of aliphatic hydroxyl groups is 11. The van der Waals surface area contributed by atoms with Gasteiger partial charge in [-0.2, -0.15) is 0 Å². The number of nitrogens with one attached hydrogen (secondary N) is 1. The Morgan fingerprint density at radius 1 is 0.463 bits per heavy atom. The molecular formula is C61H105NO18. The summed E-state index contributed by atoms with van der Waals surface area (Å²) >= 11 is 0. The predicted octanol–water partition coefficient (Wildman–Crippen LogP) is 5.43. The third-order valence-electron chi connectivity index (χ3n) is 14.8. The van der Waals surface area contributed by atoms with E-state index in [0.29, 0.717) is 19.3 Å². The smallest absolute Gasteiger partial charge is 0.220 e. The molecule has 19 nitrogen and oxygen atoms in total. The maximum atomic E-state index is 13.2. The molecule has 3 aliphatic rings. The maximum Gasteiger partial charge on any atom is 0.220 e. The summed E-state index contributed by atoms with van der Waals surface area (Å²) in [6.45, 7) is 1.51. The molecule has 80 heavy (non-hydrogen) atoms. The number of ether oxygens (including phenoxy) is 6. The molecular weight excluding hydrogens is 1030 g/mol. The van der Waals surface area contributed by atoms with Crippen molar-refractivity contribution < 1.29 is 89.4 Å². The Hall–Kier alpha value is -2.77. The van der Waals surface area contributed by atoms with E-state index < -0.39 is 124 Å². The molecule has 0 bridgehead atoms. The SMILES string of the molecule is CC/C=C\C/C=C\C/C=C\C/C=C\C/C=C\C/C=C\CCCCCCCCCCCCCCC(=O)NC(COC1OC(CO)C(OC2OC(CO)C(OC3OC(CO)C(O)C(O)C3O)C(O)C2O)C(O)C1O)C(O)CCCCCC. The predicted molar refractivity (Wildman–Crippen MR) is 305 cm³/mol. The van der Waals surface area contributed by atoms with E-state index in [1.807, 2.05) is 0 Å². The van der Waals surface area contributed by atoms with E-state index in [0.717, 1.165) is 83.5 Å². The van der Waals surface area contributed by atoms with Crippen molar-refractivity contribution in [1.82, 2.24) is 5.32 Å². The molecule has 462 valence electrons. The Balaban J connectivity index is 1.31. The lowest BCUT2D eigenvalue weighted by atomic mass is 9.96. The fraction of sp³-hybridized carbons (Fsp3) is 0.787. The maximum absolute atomic E-state index is 13.2. The van der Waals surface area contributed by atoms with Crippen LogP contribution in [0.4, 0.5) is 0 Å². The minimum atomic E-state index is -1.97. The standard InChI is InChI=1S/C61H105NO18/c1-3-5-7-9-10-11-12-13-14-15-16-17-18-19-20-21-22-23-24-25-26-27-28-29-30-31-32-33-34-35-37-39-49(67)62-44(45(66)38-36-8-6-4-2)43-75-59-55(73)52(70)57(47(41-64)77-59)80-61-56(74)53(71)58(48(42-65)78-61)79-60-54(72)51(69)50(68)46(40-63)76-60/h5,7,10-11,13-14,16-17,19-20,22-23,44-48,50-61,63-66,68-74H,3-4,6,8-9,12,15,18,21,24-43H2,1-2H3,(H,62,67)/b7-5-,11-10-,14-13-,17-16-,20-19-,23-22-. The lowest BCUT2D eigenvalue weighted by molar-refractivity contribution is -0.379. The molecule has 0 aromatic carbocycles. The second-order valence-electron chi connectivity index (χ2n) is 21.4. The Kier molecular flexibility index (Phi) is 39.2. The van der Waals surface area contributed by atoms with Crippen LogP contribution in [-0.2, 0) is 33.2 Å². The van der Waals surface area contributed by atoms with Gasteiger partial charge in [0, 0.05) is 6.42 Å². The van der Waals surface area contributed by atoms with E-state index in [-0.39, 0.29) is 18.9 Å². The van der Waals surface area contributed by atoms with Crippen molar-refractivity contribution in [2.45, 2.75) is 279 Å². The summed E-state index contributed by atoms with van der Waals surface area (Å²) in [5.74, 6) is -0.259. The molecule has 0 aromatic heterocycles. The molecule has 3 rings (SSSR count). The zero-order chi connectivity index (χ0) is 58.3. The average Bonchev–Trinajstić information content (AvgIpc) is 3.58. The van der Waals surface area contributed by atoms with Gasteiger partial charge in [0.25, 0.3) is 0 Å². The molecule has 0 aliphatic carbocycles. The Morgan fingerprint density at radius 3 is 1.34 bits per heavy atom. The number of carbonyl (C=O) groups is 1. The number of hydrogen-bond acceptors (Lipinski definition) is 18. The van der Waals surface area contributed by atoms with Gasteiger partial charge in [0.1, 0.15) is 73.2 Å². The van der Waals surface area contributed by atoms with Gasteiger partial charge in [0.2, 0.25) is 5.91 Å². The fourth-order valence-corrected chi connectivity index (χ4v) is 9.84. The summed E-state index contributed by atoms with van der Waals surface area (Å²) in [4.78, 5) is 13.2. The summed E-state index contributed by atoms with van der Waals surface area (Å²) in [5.41, 5.74) is 0. The minimum Gasteiger partial charge on any atom is -0.394 e. The molecule has 0 spiro atoms. The summed E-state index contributed by atoms with van der Waals surface area (Å²) in [5, 5.41) is 119. The number of rotatable bonds is 43. The zero-order valence-corrected chi connectivity index (χ0v) is 48.0. The monoisotopic (exact) mass is 1140 g/mol. The van der Waals surface area contributed by atoms with E-state index in [1.165, 1.54) is 51.4 Å². The summed E-state index contributed by atoms with van der Waals surface area (Å²) in [6, 6.07) is -0.887. The Labute approximate surface area is 477 Å². The van der Waals surface area contributed by atoms with Crippen LogP contribution in [-0.4, -0.2) is 193 Å². The number of allylic oxidation sites excluding steroid dienone is 12. The highest BCUT2D eigenvalue weighted by atomic mass is 16.8. The van der Waals surface area contributed by atoms with Crippen LogP contribution < -0.4 is 5.32 Å². The molecule has 17 atom stereocenters. The molecule has 0 aromatic rings. The topological polar surface area (TPSA) is 307 Å². The van der Waals surface area contributed by atoms with Crippen LogP contribution in [0.3, 0.4) is 0 Å². The minimum absolute atomic E-state index is 0.258. The highest BCUT2D eigenvalue weighted by molar-refractivity contribution is 5.76. The lowest BCUT2D eigenvalue weighted by Gasteiger charge is -2.48. The third-order valence-corrected chi connectivity index (χ3v) is 14.8. The Morgan fingerprint density at radius 2 is 0.863 bits per heavy atom. The molecule has 0 radical (unpaired) electrons. The number of aliphatic hydroxyl groups excluding tert-OH is 11. The zero-order valence-electron chi connectivity index (χ0n) is 48.0. The first-order chi connectivity index (χ1) is 38.8. The number of carbonyl (C=O) groups excluding carboxylic acids is 1. The van der Waals surface area contributed by atoms with Gasteiger partial charge in [-0.3, -0.25) is 4.79 Å². The highest BCUT2D eigenvalue weighted by Crippen LogP contribution is 2.33. The third kappa shape index (κ3) is 27.3. The van der Waals surface area contributed by atoms with Gasteiger partial charge in [-0.05, 0) is 64.2 Å². The van der Waals surface area contributed by atoms with Crippen LogP contribution in [0.1, 0.15) is 174 Å². The van der Waals surface area contributed by atoms with Crippen LogP contribution in [0.15, 0.2) is 72.9 Å².